The van der Waals surface area contributed by atoms with Gasteiger partial charge >= 0.3 is 0 Å². The van der Waals surface area contributed by atoms with Crippen molar-refractivity contribution in [3.05, 3.63) is 17.0 Å². The van der Waals surface area contributed by atoms with E-state index in [0.717, 1.165) is 12.8 Å². The number of hydrogen-bond donors (Lipinski definition) is 2. The van der Waals surface area contributed by atoms with E-state index in [1.807, 2.05) is 0 Å². The predicted molar refractivity (Wildman–Crippen MR) is 77.4 cm³/mol. The molecule has 2 N–H and O–H groups in total. The van der Waals surface area contributed by atoms with Gasteiger partial charge in [-0.2, -0.15) is 0 Å². The first kappa shape index (κ1) is 15.7. The molecule has 0 aliphatic rings. The van der Waals surface area contributed by atoms with Gasteiger partial charge in [-0.05, 0) is 12.3 Å². The van der Waals surface area contributed by atoms with Gasteiger partial charge in [0.25, 0.3) is 0 Å². The Bertz CT molecular complexity index is 423. The third-order valence-electron chi connectivity index (χ3n) is 2.35. The summed E-state index contributed by atoms with van der Waals surface area (Å²) in [7, 11) is 0. The largest absolute Gasteiger partial charge is 0.361 e. The molecule has 19 heavy (non-hydrogen) atoms. The van der Waals surface area contributed by atoms with Gasteiger partial charge in [-0.25, -0.2) is 9.97 Å². The van der Waals surface area contributed by atoms with E-state index in [1.165, 1.54) is 0 Å². The second-order valence-electron chi connectivity index (χ2n) is 4.79. The molecule has 1 heterocycles. The number of carbonyl (C=O) groups is 1. The highest BCUT2D eigenvalue weighted by atomic mass is 35.5. The van der Waals surface area contributed by atoms with Crippen molar-refractivity contribution >= 4 is 23.3 Å². The molecular formula is C13H21ClN4O. The van der Waals surface area contributed by atoms with E-state index in [4.69, 9.17) is 11.6 Å². The Kier molecular flexibility index (Phi) is 6.56. The third kappa shape index (κ3) is 6.38. The average molecular weight is 285 g/mol. The van der Waals surface area contributed by atoms with Gasteiger partial charge in [-0.15, -0.1) is 0 Å². The molecule has 1 amide bonds. The summed E-state index contributed by atoms with van der Waals surface area (Å²) in [6, 6.07) is 1.62. The zero-order valence-electron chi connectivity index (χ0n) is 11.7. The van der Waals surface area contributed by atoms with Crippen molar-refractivity contribution < 1.29 is 4.79 Å². The Hall–Kier alpha value is -1.36. The van der Waals surface area contributed by atoms with E-state index >= 15 is 0 Å². The monoisotopic (exact) mass is 284 g/mol. The van der Waals surface area contributed by atoms with E-state index < -0.39 is 0 Å². The number of amides is 1. The van der Waals surface area contributed by atoms with Crippen LogP contribution in [0.15, 0.2) is 6.07 Å². The molecule has 1 aromatic heterocycles. The zero-order chi connectivity index (χ0) is 14.3. The molecule has 0 fully saturated rings. The SMILES string of the molecule is CCCc1nc(Cl)cc(NCC(=O)NCC(C)C)n1. The molecule has 1 aromatic rings. The summed E-state index contributed by atoms with van der Waals surface area (Å²) in [4.78, 5) is 20.0. The highest BCUT2D eigenvalue weighted by Gasteiger charge is 2.05. The number of nitrogens with zero attached hydrogens (tertiary/aromatic N) is 2. The maximum absolute atomic E-state index is 11.6. The fourth-order valence-electron chi connectivity index (χ4n) is 1.44. The second-order valence-corrected chi connectivity index (χ2v) is 5.18. The lowest BCUT2D eigenvalue weighted by atomic mass is 10.2. The summed E-state index contributed by atoms with van der Waals surface area (Å²) in [5.74, 6) is 1.66. The van der Waals surface area contributed by atoms with Crippen LogP contribution in [0.3, 0.4) is 0 Å². The second kappa shape index (κ2) is 7.94. The molecule has 0 radical (unpaired) electrons. The zero-order valence-corrected chi connectivity index (χ0v) is 12.4. The minimum Gasteiger partial charge on any atom is -0.361 e. The van der Waals surface area contributed by atoms with Crippen molar-refractivity contribution in [3.63, 3.8) is 0 Å². The highest BCUT2D eigenvalue weighted by Crippen LogP contribution is 2.12. The van der Waals surface area contributed by atoms with Crippen LogP contribution in [0.1, 0.15) is 33.0 Å². The van der Waals surface area contributed by atoms with Crippen molar-refractivity contribution in [3.8, 4) is 0 Å². The van der Waals surface area contributed by atoms with Crippen molar-refractivity contribution in [1.29, 1.82) is 0 Å². The van der Waals surface area contributed by atoms with Crippen LogP contribution in [-0.2, 0) is 11.2 Å². The van der Waals surface area contributed by atoms with Gasteiger partial charge in [0.05, 0.1) is 6.54 Å². The molecule has 0 spiro atoms. The van der Waals surface area contributed by atoms with Crippen molar-refractivity contribution in [2.24, 2.45) is 5.92 Å². The molecular weight excluding hydrogens is 264 g/mol. The predicted octanol–water partition coefficient (Wildman–Crippen LogP) is 2.27. The number of hydrogen-bond acceptors (Lipinski definition) is 4. The van der Waals surface area contributed by atoms with Gasteiger partial charge in [0.2, 0.25) is 5.91 Å². The van der Waals surface area contributed by atoms with Crippen LogP contribution in [-0.4, -0.2) is 29.0 Å². The fourth-order valence-corrected chi connectivity index (χ4v) is 1.64. The Morgan fingerprint density at radius 3 is 2.79 bits per heavy atom. The first-order valence-corrected chi connectivity index (χ1v) is 6.93. The standard InChI is InChI=1S/C13H21ClN4O/c1-4-5-11-17-10(14)6-12(18-11)15-8-13(19)16-7-9(2)3/h6,9H,4-5,7-8H2,1-3H3,(H,16,19)(H,15,17,18). The number of nitrogens with one attached hydrogen (secondary N) is 2. The summed E-state index contributed by atoms with van der Waals surface area (Å²) in [6.07, 6.45) is 1.73. The minimum absolute atomic E-state index is 0.0551. The molecule has 0 bridgehead atoms. The summed E-state index contributed by atoms with van der Waals surface area (Å²) >= 11 is 5.91. The molecule has 0 saturated carbocycles. The van der Waals surface area contributed by atoms with Crippen LogP contribution in [0, 0.1) is 5.92 Å². The van der Waals surface area contributed by atoms with Crippen LogP contribution >= 0.6 is 11.6 Å². The number of halogens is 1. The van der Waals surface area contributed by atoms with E-state index in [9.17, 15) is 4.79 Å². The maximum atomic E-state index is 11.6. The molecule has 0 unspecified atom stereocenters. The number of aryl methyl sites for hydroxylation is 1. The molecule has 0 aromatic carbocycles. The number of rotatable bonds is 7. The first-order valence-electron chi connectivity index (χ1n) is 6.55. The third-order valence-corrected chi connectivity index (χ3v) is 2.55. The highest BCUT2D eigenvalue weighted by molar-refractivity contribution is 6.29. The maximum Gasteiger partial charge on any atom is 0.239 e. The Morgan fingerprint density at radius 1 is 1.42 bits per heavy atom. The van der Waals surface area contributed by atoms with Crippen LogP contribution < -0.4 is 10.6 Å². The van der Waals surface area contributed by atoms with E-state index in [2.05, 4.69) is 41.4 Å². The van der Waals surface area contributed by atoms with Gasteiger partial charge < -0.3 is 10.6 Å². The Morgan fingerprint density at radius 2 is 2.16 bits per heavy atom. The molecule has 106 valence electrons. The first-order chi connectivity index (χ1) is 9.01. The normalized spacial score (nSPS) is 10.6. The molecule has 0 saturated heterocycles. The minimum atomic E-state index is -0.0551. The summed E-state index contributed by atoms with van der Waals surface area (Å²) in [5.41, 5.74) is 0. The van der Waals surface area contributed by atoms with Crippen LogP contribution in [0.2, 0.25) is 5.15 Å². The molecule has 0 atom stereocenters. The lowest BCUT2D eigenvalue weighted by Gasteiger charge is -2.09. The lowest BCUT2D eigenvalue weighted by Crippen LogP contribution is -2.32. The van der Waals surface area contributed by atoms with Gasteiger partial charge in [-0.1, -0.05) is 32.4 Å². The van der Waals surface area contributed by atoms with Crippen LogP contribution in [0.4, 0.5) is 5.82 Å². The van der Waals surface area contributed by atoms with Crippen molar-refractivity contribution in [1.82, 2.24) is 15.3 Å². The van der Waals surface area contributed by atoms with E-state index in [0.29, 0.717) is 29.3 Å². The van der Waals surface area contributed by atoms with Crippen LogP contribution in [0.25, 0.3) is 0 Å². The summed E-state index contributed by atoms with van der Waals surface area (Å²) in [6.45, 7) is 7.01. The number of anilines is 1. The van der Waals surface area contributed by atoms with Crippen LogP contribution in [0.5, 0.6) is 0 Å². The van der Waals surface area contributed by atoms with Gasteiger partial charge in [0.15, 0.2) is 0 Å². The quantitative estimate of drug-likeness (QED) is 0.754. The number of aromatic nitrogens is 2. The van der Waals surface area contributed by atoms with Gasteiger partial charge in [0.1, 0.15) is 16.8 Å². The smallest absolute Gasteiger partial charge is 0.239 e. The molecule has 0 aliphatic heterocycles. The molecule has 1 rings (SSSR count). The van der Waals surface area contributed by atoms with Gasteiger partial charge in [-0.3, -0.25) is 4.79 Å². The molecule has 6 heteroatoms. The topological polar surface area (TPSA) is 66.9 Å². The Labute approximate surface area is 119 Å². The molecule has 5 nitrogen and oxygen atoms in total. The lowest BCUT2D eigenvalue weighted by molar-refractivity contribution is -0.119. The fraction of sp³-hybridized carbons (Fsp3) is 0.615. The summed E-state index contributed by atoms with van der Waals surface area (Å²) in [5, 5.41) is 6.18. The Balaban J connectivity index is 2.50. The average Bonchev–Trinajstić information content (AvgIpc) is 2.33. The van der Waals surface area contributed by atoms with Gasteiger partial charge in [0, 0.05) is 19.0 Å². The van der Waals surface area contributed by atoms with E-state index in [-0.39, 0.29) is 12.5 Å². The van der Waals surface area contributed by atoms with Crippen molar-refractivity contribution in [2.75, 3.05) is 18.4 Å². The number of carbonyl (C=O) groups excluding carboxylic acids is 1. The molecule has 0 aliphatic carbocycles. The van der Waals surface area contributed by atoms with E-state index in [1.54, 1.807) is 6.07 Å². The summed E-state index contributed by atoms with van der Waals surface area (Å²) < 4.78 is 0. The van der Waals surface area contributed by atoms with Crippen molar-refractivity contribution in [2.45, 2.75) is 33.6 Å².